The first-order valence-corrected chi connectivity index (χ1v) is 7.97. The lowest BCUT2D eigenvalue weighted by Crippen LogP contribution is -2.07. The van der Waals surface area contributed by atoms with E-state index in [1.165, 1.54) is 0 Å². The van der Waals surface area contributed by atoms with Gasteiger partial charge in [-0.05, 0) is 30.3 Å². The topological polar surface area (TPSA) is 33.6 Å². The van der Waals surface area contributed by atoms with Crippen LogP contribution in [0.25, 0.3) is 0 Å². The van der Waals surface area contributed by atoms with E-state index in [2.05, 4.69) is 17.1 Å². The molecule has 0 aromatic heterocycles. The van der Waals surface area contributed by atoms with Crippen molar-refractivity contribution < 1.29 is 4.74 Å². The van der Waals surface area contributed by atoms with Crippen molar-refractivity contribution in [3.05, 3.63) is 75.2 Å². The van der Waals surface area contributed by atoms with Gasteiger partial charge in [-0.2, -0.15) is 5.10 Å². The SMILES string of the molecule is C=CCOc1ccc(Cl)cc1/C=N\NCc1c(Cl)cccc1Cl. The molecule has 0 saturated heterocycles. The average Bonchev–Trinajstić information content (AvgIpc) is 2.53. The lowest BCUT2D eigenvalue weighted by atomic mass is 10.2. The zero-order chi connectivity index (χ0) is 16.7. The van der Waals surface area contributed by atoms with Crippen molar-refractivity contribution in [2.45, 2.75) is 6.54 Å². The monoisotopic (exact) mass is 368 g/mol. The van der Waals surface area contributed by atoms with Crippen molar-refractivity contribution in [2.75, 3.05) is 6.61 Å². The molecule has 6 heteroatoms. The average molecular weight is 370 g/mol. The van der Waals surface area contributed by atoms with Crippen LogP contribution in [0.4, 0.5) is 0 Å². The van der Waals surface area contributed by atoms with Gasteiger partial charge in [0.15, 0.2) is 0 Å². The Morgan fingerprint density at radius 2 is 1.87 bits per heavy atom. The molecule has 0 spiro atoms. The maximum Gasteiger partial charge on any atom is 0.128 e. The van der Waals surface area contributed by atoms with E-state index >= 15 is 0 Å². The molecule has 23 heavy (non-hydrogen) atoms. The van der Waals surface area contributed by atoms with Crippen LogP contribution in [0, 0.1) is 0 Å². The molecule has 2 aromatic rings. The molecule has 120 valence electrons. The minimum Gasteiger partial charge on any atom is -0.489 e. The van der Waals surface area contributed by atoms with Crippen molar-refractivity contribution in [1.29, 1.82) is 0 Å². The summed E-state index contributed by atoms with van der Waals surface area (Å²) < 4.78 is 5.56. The third-order valence-corrected chi connectivity index (χ3v) is 3.88. The quantitative estimate of drug-likeness (QED) is 0.406. The predicted octanol–water partition coefficient (Wildman–Crippen LogP) is 5.34. The van der Waals surface area contributed by atoms with Crippen LogP contribution in [0.5, 0.6) is 5.75 Å². The van der Waals surface area contributed by atoms with Gasteiger partial charge in [-0.1, -0.05) is 53.5 Å². The van der Waals surface area contributed by atoms with Gasteiger partial charge in [0, 0.05) is 26.2 Å². The summed E-state index contributed by atoms with van der Waals surface area (Å²) in [6.45, 7) is 4.45. The zero-order valence-electron chi connectivity index (χ0n) is 12.2. The Morgan fingerprint density at radius 1 is 1.13 bits per heavy atom. The Morgan fingerprint density at radius 3 is 2.57 bits per heavy atom. The molecule has 1 N–H and O–H groups in total. The van der Waals surface area contributed by atoms with Gasteiger partial charge >= 0.3 is 0 Å². The van der Waals surface area contributed by atoms with Gasteiger partial charge in [-0.25, -0.2) is 0 Å². The second-order valence-corrected chi connectivity index (χ2v) is 5.83. The summed E-state index contributed by atoms with van der Waals surface area (Å²) in [5.74, 6) is 0.677. The Labute approximate surface area is 150 Å². The van der Waals surface area contributed by atoms with Gasteiger partial charge in [0.1, 0.15) is 12.4 Å². The lowest BCUT2D eigenvalue weighted by molar-refractivity contribution is 0.362. The summed E-state index contributed by atoms with van der Waals surface area (Å²) in [6.07, 6.45) is 3.31. The summed E-state index contributed by atoms with van der Waals surface area (Å²) in [5.41, 5.74) is 4.47. The standard InChI is InChI=1S/C17H15Cl3N2O/c1-2-8-23-17-7-6-13(18)9-12(17)10-21-22-11-14-15(19)4-3-5-16(14)20/h2-7,9-10,22H,1,8,11H2/b21-10-. The number of hydrazone groups is 1. The number of rotatable bonds is 7. The molecule has 0 aliphatic heterocycles. The normalized spacial score (nSPS) is 10.7. The lowest BCUT2D eigenvalue weighted by Gasteiger charge is -2.08. The number of hydrogen-bond acceptors (Lipinski definition) is 3. The second-order valence-electron chi connectivity index (χ2n) is 4.58. The van der Waals surface area contributed by atoms with Crippen LogP contribution in [-0.2, 0) is 6.54 Å². The first kappa shape index (κ1) is 17.7. The first-order chi connectivity index (χ1) is 11.1. The van der Waals surface area contributed by atoms with Gasteiger partial charge in [-0.15, -0.1) is 0 Å². The van der Waals surface area contributed by atoms with E-state index in [-0.39, 0.29) is 0 Å². The Bertz CT molecular complexity index is 697. The highest BCUT2D eigenvalue weighted by molar-refractivity contribution is 6.36. The van der Waals surface area contributed by atoms with Crippen LogP contribution >= 0.6 is 34.8 Å². The van der Waals surface area contributed by atoms with Gasteiger partial charge in [0.05, 0.1) is 12.8 Å². The fourth-order valence-corrected chi connectivity index (χ4v) is 2.55. The van der Waals surface area contributed by atoms with E-state index in [1.807, 2.05) is 0 Å². The van der Waals surface area contributed by atoms with Crippen molar-refractivity contribution in [2.24, 2.45) is 5.10 Å². The molecule has 0 amide bonds. The molecule has 0 heterocycles. The van der Waals surface area contributed by atoms with E-state index in [4.69, 9.17) is 39.5 Å². The number of nitrogens with zero attached hydrogens (tertiary/aromatic N) is 1. The van der Waals surface area contributed by atoms with Crippen molar-refractivity contribution in [3.8, 4) is 5.75 Å². The van der Waals surface area contributed by atoms with Crippen LogP contribution in [-0.4, -0.2) is 12.8 Å². The molecule has 0 aliphatic rings. The molecule has 0 fully saturated rings. The molecule has 0 aliphatic carbocycles. The molecular weight excluding hydrogens is 355 g/mol. The van der Waals surface area contributed by atoms with Gasteiger partial charge in [-0.3, -0.25) is 0 Å². The summed E-state index contributed by atoms with van der Waals surface area (Å²) in [4.78, 5) is 0. The molecule has 0 saturated carbocycles. The Kier molecular flexibility index (Phi) is 6.78. The fraction of sp³-hybridized carbons (Fsp3) is 0.118. The third-order valence-electron chi connectivity index (χ3n) is 2.94. The van der Waals surface area contributed by atoms with Crippen molar-refractivity contribution in [3.63, 3.8) is 0 Å². The van der Waals surface area contributed by atoms with Crippen LogP contribution in [0.2, 0.25) is 15.1 Å². The fourth-order valence-electron chi connectivity index (χ4n) is 1.84. The Hall–Kier alpha value is -1.68. The molecule has 0 unspecified atom stereocenters. The van der Waals surface area contributed by atoms with E-state index in [0.717, 1.165) is 11.1 Å². The highest BCUT2D eigenvalue weighted by atomic mass is 35.5. The zero-order valence-corrected chi connectivity index (χ0v) is 14.5. The first-order valence-electron chi connectivity index (χ1n) is 6.84. The molecular formula is C17H15Cl3N2O. The van der Waals surface area contributed by atoms with E-state index in [9.17, 15) is 0 Å². The van der Waals surface area contributed by atoms with Crippen molar-refractivity contribution in [1.82, 2.24) is 5.43 Å². The smallest absolute Gasteiger partial charge is 0.128 e. The van der Waals surface area contributed by atoms with E-state index in [1.54, 1.807) is 48.7 Å². The minimum absolute atomic E-state index is 0.408. The largest absolute Gasteiger partial charge is 0.489 e. The Balaban J connectivity index is 2.05. The molecule has 0 radical (unpaired) electrons. The molecule has 3 nitrogen and oxygen atoms in total. The third kappa shape index (κ3) is 5.17. The van der Waals surface area contributed by atoms with Crippen LogP contribution < -0.4 is 10.2 Å². The molecule has 0 atom stereocenters. The highest BCUT2D eigenvalue weighted by Crippen LogP contribution is 2.24. The van der Waals surface area contributed by atoms with Gasteiger partial charge in [0.25, 0.3) is 0 Å². The maximum absolute atomic E-state index is 6.11. The van der Waals surface area contributed by atoms with Crippen LogP contribution in [0.1, 0.15) is 11.1 Å². The van der Waals surface area contributed by atoms with E-state index in [0.29, 0.717) is 34.0 Å². The minimum atomic E-state index is 0.408. The summed E-state index contributed by atoms with van der Waals surface area (Å²) in [7, 11) is 0. The number of hydrogen-bond donors (Lipinski definition) is 1. The van der Waals surface area contributed by atoms with Crippen LogP contribution in [0.15, 0.2) is 54.2 Å². The van der Waals surface area contributed by atoms with Crippen molar-refractivity contribution >= 4 is 41.0 Å². The summed E-state index contributed by atoms with van der Waals surface area (Å²) >= 11 is 18.2. The summed E-state index contributed by atoms with van der Waals surface area (Å²) in [6, 6.07) is 10.7. The number of halogens is 3. The molecule has 2 aromatic carbocycles. The molecule has 2 rings (SSSR count). The highest BCUT2D eigenvalue weighted by Gasteiger charge is 2.05. The van der Waals surface area contributed by atoms with Gasteiger partial charge < -0.3 is 10.2 Å². The number of ether oxygens (including phenoxy) is 1. The van der Waals surface area contributed by atoms with Gasteiger partial charge in [0.2, 0.25) is 0 Å². The predicted molar refractivity (Wildman–Crippen MR) is 98.0 cm³/mol. The number of benzene rings is 2. The summed E-state index contributed by atoms with van der Waals surface area (Å²) in [5, 5.41) is 5.97. The second kappa shape index (κ2) is 8.82. The maximum atomic E-state index is 6.11. The van der Waals surface area contributed by atoms with Crippen LogP contribution in [0.3, 0.4) is 0 Å². The molecule has 0 bridgehead atoms. The van der Waals surface area contributed by atoms with E-state index < -0.39 is 0 Å². The number of nitrogens with one attached hydrogen (secondary N) is 1.